The SMILES string of the molecule is COc1ccccc1CN(C)C(F)(F)F. The first kappa shape index (κ1) is 11.8. The average Bonchev–Trinajstić information content (AvgIpc) is 2.17. The summed E-state index contributed by atoms with van der Waals surface area (Å²) in [6.07, 6.45) is -4.32. The largest absolute Gasteiger partial charge is 0.496 e. The summed E-state index contributed by atoms with van der Waals surface area (Å²) in [6, 6.07) is 6.65. The van der Waals surface area contributed by atoms with Crippen LogP contribution < -0.4 is 4.74 Å². The van der Waals surface area contributed by atoms with Crippen molar-refractivity contribution in [2.24, 2.45) is 0 Å². The van der Waals surface area contributed by atoms with Crippen LogP contribution in [-0.2, 0) is 6.54 Å². The fraction of sp³-hybridized carbons (Fsp3) is 0.400. The standard InChI is InChI=1S/C10H12F3NO/c1-14(10(11,12)13)7-8-5-3-4-6-9(8)15-2/h3-6H,7H2,1-2H3. The van der Waals surface area contributed by atoms with Crippen molar-refractivity contribution in [3.05, 3.63) is 29.8 Å². The van der Waals surface area contributed by atoms with Gasteiger partial charge in [0.15, 0.2) is 0 Å². The Bertz CT molecular complexity index is 325. The molecule has 0 aromatic heterocycles. The molecule has 0 fully saturated rings. The fourth-order valence-electron chi connectivity index (χ4n) is 1.18. The Morgan fingerprint density at radius 1 is 1.27 bits per heavy atom. The highest BCUT2D eigenvalue weighted by Crippen LogP contribution is 2.25. The molecule has 0 atom stereocenters. The molecule has 0 N–H and O–H groups in total. The number of halogens is 3. The monoisotopic (exact) mass is 219 g/mol. The third-order valence-corrected chi connectivity index (χ3v) is 2.03. The van der Waals surface area contributed by atoms with Crippen molar-refractivity contribution in [3.63, 3.8) is 0 Å². The molecule has 0 unspecified atom stereocenters. The third-order valence-electron chi connectivity index (χ3n) is 2.03. The van der Waals surface area contributed by atoms with Gasteiger partial charge >= 0.3 is 6.30 Å². The van der Waals surface area contributed by atoms with Crippen LogP contribution in [0.2, 0.25) is 0 Å². The zero-order valence-corrected chi connectivity index (χ0v) is 8.51. The third kappa shape index (κ3) is 3.13. The van der Waals surface area contributed by atoms with Gasteiger partial charge in [-0.05, 0) is 13.1 Å². The zero-order valence-electron chi connectivity index (χ0n) is 8.51. The lowest BCUT2D eigenvalue weighted by Gasteiger charge is -2.20. The first-order valence-corrected chi connectivity index (χ1v) is 4.35. The van der Waals surface area contributed by atoms with Crippen LogP contribution in [-0.4, -0.2) is 25.4 Å². The zero-order chi connectivity index (χ0) is 11.5. The van der Waals surface area contributed by atoms with E-state index in [0.717, 1.165) is 7.05 Å². The van der Waals surface area contributed by atoms with Crippen molar-refractivity contribution in [2.75, 3.05) is 14.2 Å². The molecular formula is C10H12F3NO. The highest BCUT2D eigenvalue weighted by Gasteiger charge is 2.34. The van der Waals surface area contributed by atoms with E-state index >= 15 is 0 Å². The number of methoxy groups -OCH3 is 1. The summed E-state index contributed by atoms with van der Waals surface area (Å²) in [6.45, 7) is -0.215. The van der Waals surface area contributed by atoms with Crippen molar-refractivity contribution < 1.29 is 17.9 Å². The summed E-state index contributed by atoms with van der Waals surface area (Å²) >= 11 is 0. The second-order valence-corrected chi connectivity index (χ2v) is 3.14. The number of hydrogen-bond donors (Lipinski definition) is 0. The number of benzene rings is 1. The highest BCUT2D eigenvalue weighted by atomic mass is 19.4. The molecule has 0 amide bonds. The van der Waals surface area contributed by atoms with Crippen molar-refractivity contribution in [2.45, 2.75) is 12.8 Å². The van der Waals surface area contributed by atoms with E-state index in [-0.39, 0.29) is 6.54 Å². The highest BCUT2D eigenvalue weighted by molar-refractivity contribution is 5.33. The van der Waals surface area contributed by atoms with Gasteiger partial charge in [0.25, 0.3) is 0 Å². The minimum absolute atomic E-state index is 0.215. The Kier molecular flexibility index (Phi) is 3.57. The topological polar surface area (TPSA) is 12.5 Å². The minimum atomic E-state index is -4.32. The van der Waals surface area contributed by atoms with Crippen LogP contribution in [0.5, 0.6) is 5.75 Å². The second kappa shape index (κ2) is 4.53. The van der Waals surface area contributed by atoms with Crippen LogP contribution in [0.25, 0.3) is 0 Å². The van der Waals surface area contributed by atoms with Crippen LogP contribution in [0.1, 0.15) is 5.56 Å². The lowest BCUT2D eigenvalue weighted by Crippen LogP contribution is -2.33. The number of nitrogens with zero attached hydrogens (tertiary/aromatic N) is 1. The predicted octanol–water partition coefficient (Wildman–Crippen LogP) is 2.65. The van der Waals surface area contributed by atoms with E-state index in [4.69, 9.17) is 4.74 Å². The minimum Gasteiger partial charge on any atom is -0.496 e. The van der Waals surface area contributed by atoms with Crippen molar-refractivity contribution in [1.29, 1.82) is 0 Å². The van der Waals surface area contributed by atoms with Crippen molar-refractivity contribution >= 4 is 0 Å². The lowest BCUT2D eigenvalue weighted by molar-refractivity contribution is -0.240. The van der Waals surface area contributed by atoms with E-state index in [1.54, 1.807) is 24.3 Å². The number of rotatable bonds is 3. The van der Waals surface area contributed by atoms with Gasteiger partial charge in [-0.25, -0.2) is 4.90 Å². The van der Waals surface area contributed by atoms with Gasteiger partial charge in [-0.15, -0.1) is 0 Å². The Hall–Kier alpha value is -1.23. The summed E-state index contributed by atoms with van der Waals surface area (Å²) in [5.41, 5.74) is 0.514. The molecular weight excluding hydrogens is 207 g/mol. The first-order valence-electron chi connectivity index (χ1n) is 4.35. The fourth-order valence-corrected chi connectivity index (χ4v) is 1.18. The van der Waals surface area contributed by atoms with Crippen molar-refractivity contribution in [1.82, 2.24) is 4.90 Å². The number of para-hydroxylation sites is 1. The van der Waals surface area contributed by atoms with Crippen molar-refractivity contribution in [3.8, 4) is 5.75 Å². The van der Waals surface area contributed by atoms with Gasteiger partial charge in [0, 0.05) is 12.1 Å². The van der Waals surface area contributed by atoms with Gasteiger partial charge in [-0.2, -0.15) is 13.2 Å². The summed E-state index contributed by atoms with van der Waals surface area (Å²) in [5.74, 6) is 0.466. The predicted molar refractivity (Wildman–Crippen MR) is 50.5 cm³/mol. The normalized spacial score (nSPS) is 11.9. The molecule has 0 aliphatic heterocycles. The molecule has 84 valence electrons. The van der Waals surface area contributed by atoms with Crippen LogP contribution >= 0.6 is 0 Å². The average molecular weight is 219 g/mol. The molecule has 1 aromatic carbocycles. The van der Waals surface area contributed by atoms with Gasteiger partial charge in [0.05, 0.1) is 7.11 Å². The number of hydrogen-bond acceptors (Lipinski definition) is 2. The molecule has 0 bridgehead atoms. The Morgan fingerprint density at radius 3 is 2.40 bits per heavy atom. The summed E-state index contributed by atoms with van der Waals surface area (Å²) in [4.78, 5) is 0.310. The molecule has 1 aromatic rings. The lowest BCUT2D eigenvalue weighted by atomic mass is 10.2. The number of ether oxygens (including phenoxy) is 1. The van der Waals surface area contributed by atoms with Crippen LogP contribution in [0.3, 0.4) is 0 Å². The van der Waals surface area contributed by atoms with Gasteiger partial charge in [0.1, 0.15) is 5.75 Å². The van der Waals surface area contributed by atoms with E-state index in [0.29, 0.717) is 16.2 Å². The second-order valence-electron chi connectivity index (χ2n) is 3.14. The smallest absolute Gasteiger partial charge is 0.459 e. The summed E-state index contributed by atoms with van der Waals surface area (Å²) in [5, 5.41) is 0. The summed E-state index contributed by atoms with van der Waals surface area (Å²) < 4.78 is 41.7. The van der Waals surface area contributed by atoms with E-state index in [1.807, 2.05) is 0 Å². The van der Waals surface area contributed by atoms with Gasteiger partial charge in [-0.3, -0.25) is 0 Å². The maximum Gasteiger partial charge on any atom is 0.459 e. The number of alkyl halides is 3. The first-order chi connectivity index (χ1) is 6.95. The molecule has 0 aliphatic rings. The molecule has 0 heterocycles. The molecule has 5 heteroatoms. The molecule has 0 radical (unpaired) electrons. The maximum absolute atomic E-state index is 12.3. The van der Waals surface area contributed by atoms with Crippen LogP contribution in [0.4, 0.5) is 13.2 Å². The Balaban J connectivity index is 2.80. The quantitative estimate of drug-likeness (QED) is 0.724. The van der Waals surface area contributed by atoms with Gasteiger partial charge < -0.3 is 4.74 Å². The van der Waals surface area contributed by atoms with E-state index in [9.17, 15) is 13.2 Å². The Labute approximate surface area is 86.3 Å². The van der Waals surface area contributed by atoms with Gasteiger partial charge in [0.2, 0.25) is 0 Å². The molecule has 0 spiro atoms. The Morgan fingerprint density at radius 2 is 1.87 bits per heavy atom. The van der Waals surface area contributed by atoms with E-state index < -0.39 is 6.30 Å². The summed E-state index contributed by atoms with van der Waals surface area (Å²) in [7, 11) is 2.44. The maximum atomic E-state index is 12.3. The molecule has 0 aliphatic carbocycles. The molecule has 0 saturated carbocycles. The van der Waals surface area contributed by atoms with Crippen LogP contribution in [0, 0.1) is 0 Å². The van der Waals surface area contributed by atoms with Crippen LogP contribution in [0.15, 0.2) is 24.3 Å². The molecule has 1 rings (SSSR count). The molecule has 15 heavy (non-hydrogen) atoms. The molecule has 2 nitrogen and oxygen atoms in total. The van der Waals surface area contributed by atoms with Gasteiger partial charge in [-0.1, -0.05) is 18.2 Å². The van der Waals surface area contributed by atoms with E-state index in [2.05, 4.69) is 0 Å². The molecule has 0 saturated heterocycles. The van der Waals surface area contributed by atoms with E-state index in [1.165, 1.54) is 7.11 Å².